The summed E-state index contributed by atoms with van der Waals surface area (Å²) < 4.78 is 23.8. The molecular formula is C16H22FNO3. The Morgan fingerprint density at radius 3 is 2.57 bits per heavy atom. The quantitative estimate of drug-likeness (QED) is 0.809. The van der Waals surface area contributed by atoms with E-state index in [4.69, 9.17) is 9.47 Å². The van der Waals surface area contributed by atoms with Crippen LogP contribution in [-0.4, -0.2) is 43.2 Å². The van der Waals surface area contributed by atoms with E-state index in [9.17, 15) is 9.18 Å². The molecule has 116 valence electrons. The second kappa shape index (κ2) is 8.10. The van der Waals surface area contributed by atoms with Gasteiger partial charge in [-0.15, -0.1) is 0 Å². The second-order valence-corrected chi connectivity index (χ2v) is 5.15. The van der Waals surface area contributed by atoms with Crippen molar-refractivity contribution < 1.29 is 18.7 Å². The molecule has 1 amide bonds. The summed E-state index contributed by atoms with van der Waals surface area (Å²) >= 11 is 0. The summed E-state index contributed by atoms with van der Waals surface area (Å²) in [5.74, 6) is -0.186. The molecule has 0 saturated carbocycles. The average molecular weight is 295 g/mol. The first-order valence-electron chi connectivity index (χ1n) is 7.40. The van der Waals surface area contributed by atoms with Gasteiger partial charge in [0.05, 0.1) is 12.7 Å². The predicted octanol–water partition coefficient (Wildman–Crippen LogP) is 2.37. The summed E-state index contributed by atoms with van der Waals surface area (Å²) in [5.41, 5.74) is 0.964. The molecule has 1 fully saturated rings. The molecule has 1 aromatic carbocycles. The van der Waals surface area contributed by atoms with Gasteiger partial charge in [0, 0.05) is 19.7 Å². The van der Waals surface area contributed by atoms with E-state index in [-0.39, 0.29) is 24.4 Å². The molecule has 21 heavy (non-hydrogen) atoms. The monoisotopic (exact) mass is 295 g/mol. The molecule has 0 unspecified atom stereocenters. The largest absolute Gasteiger partial charge is 0.373 e. The summed E-state index contributed by atoms with van der Waals surface area (Å²) in [7, 11) is 0. The Hall–Kier alpha value is -1.46. The second-order valence-electron chi connectivity index (χ2n) is 5.15. The number of benzene rings is 1. The SMILES string of the molecule is CCOCC(=O)N1CCC(OCc2ccc(F)cc2)CC1. The van der Waals surface area contributed by atoms with Gasteiger partial charge in [0.1, 0.15) is 12.4 Å². The van der Waals surface area contributed by atoms with Crippen LogP contribution in [0.1, 0.15) is 25.3 Å². The molecule has 1 heterocycles. The number of ether oxygens (including phenoxy) is 2. The van der Waals surface area contributed by atoms with Crippen LogP contribution in [0.2, 0.25) is 0 Å². The minimum absolute atomic E-state index is 0.0498. The molecule has 1 aromatic rings. The molecule has 1 aliphatic heterocycles. The molecule has 0 aliphatic carbocycles. The Morgan fingerprint density at radius 1 is 1.29 bits per heavy atom. The molecule has 0 N–H and O–H groups in total. The van der Waals surface area contributed by atoms with Gasteiger partial charge in [-0.3, -0.25) is 4.79 Å². The molecule has 0 atom stereocenters. The van der Waals surface area contributed by atoms with E-state index in [1.165, 1.54) is 12.1 Å². The van der Waals surface area contributed by atoms with Crippen LogP contribution in [0.25, 0.3) is 0 Å². The molecule has 5 heteroatoms. The van der Waals surface area contributed by atoms with Gasteiger partial charge in [-0.05, 0) is 37.5 Å². The minimum atomic E-state index is -0.236. The van der Waals surface area contributed by atoms with Crippen molar-refractivity contribution in [1.82, 2.24) is 4.90 Å². The highest BCUT2D eigenvalue weighted by atomic mass is 19.1. The van der Waals surface area contributed by atoms with Gasteiger partial charge in [-0.2, -0.15) is 0 Å². The van der Waals surface area contributed by atoms with Crippen molar-refractivity contribution in [3.63, 3.8) is 0 Å². The molecule has 0 bridgehead atoms. The number of piperidine rings is 1. The number of carbonyl (C=O) groups is 1. The lowest BCUT2D eigenvalue weighted by molar-refractivity contribution is -0.138. The highest BCUT2D eigenvalue weighted by Crippen LogP contribution is 2.16. The maximum absolute atomic E-state index is 12.8. The zero-order chi connectivity index (χ0) is 15.1. The first-order chi connectivity index (χ1) is 10.2. The summed E-state index contributed by atoms with van der Waals surface area (Å²) in [6.07, 6.45) is 1.82. The molecule has 1 aliphatic rings. The lowest BCUT2D eigenvalue weighted by Crippen LogP contribution is -2.42. The third-order valence-electron chi connectivity index (χ3n) is 3.62. The lowest BCUT2D eigenvalue weighted by Gasteiger charge is -2.32. The zero-order valence-corrected chi connectivity index (χ0v) is 12.4. The lowest BCUT2D eigenvalue weighted by atomic mass is 10.1. The van der Waals surface area contributed by atoms with Crippen LogP contribution in [0.5, 0.6) is 0 Å². The molecule has 2 rings (SSSR count). The van der Waals surface area contributed by atoms with Crippen LogP contribution >= 0.6 is 0 Å². The summed E-state index contributed by atoms with van der Waals surface area (Å²) in [4.78, 5) is 13.6. The van der Waals surface area contributed by atoms with Crippen LogP contribution in [0.4, 0.5) is 4.39 Å². The average Bonchev–Trinajstić information content (AvgIpc) is 2.52. The van der Waals surface area contributed by atoms with Gasteiger partial charge in [-0.25, -0.2) is 4.39 Å². The fourth-order valence-corrected chi connectivity index (χ4v) is 2.35. The zero-order valence-electron chi connectivity index (χ0n) is 12.4. The molecule has 1 saturated heterocycles. The molecule has 0 spiro atoms. The standard InChI is InChI=1S/C16H22FNO3/c1-2-20-12-16(19)18-9-7-15(8-10-18)21-11-13-3-5-14(17)6-4-13/h3-6,15H,2,7-12H2,1H3. The number of hydrogen-bond donors (Lipinski definition) is 0. The van der Waals surface area contributed by atoms with Crippen LogP contribution in [0.3, 0.4) is 0 Å². The van der Waals surface area contributed by atoms with Crippen molar-refractivity contribution in [2.75, 3.05) is 26.3 Å². The van der Waals surface area contributed by atoms with E-state index in [1.807, 2.05) is 11.8 Å². The number of amides is 1. The van der Waals surface area contributed by atoms with Crippen LogP contribution in [0, 0.1) is 5.82 Å². The number of carbonyl (C=O) groups excluding carboxylic acids is 1. The Balaban J connectivity index is 1.69. The van der Waals surface area contributed by atoms with Crippen molar-refractivity contribution in [3.8, 4) is 0 Å². The van der Waals surface area contributed by atoms with Crippen molar-refractivity contribution >= 4 is 5.91 Å². The maximum atomic E-state index is 12.8. The Bertz CT molecular complexity index is 441. The van der Waals surface area contributed by atoms with Crippen molar-refractivity contribution in [1.29, 1.82) is 0 Å². The molecule has 0 radical (unpaired) electrons. The molecule has 4 nitrogen and oxygen atoms in total. The fourth-order valence-electron chi connectivity index (χ4n) is 2.35. The van der Waals surface area contributed by atoms with Gasteiger partial charge in [0.2, 0.25) is 5.91 Å². The third kappa shape index (κ3) is 5.10. The van der Waals surface area contributed by atoms with Gasteiger partial charge >= 0.3 is 0 Å². The Morgan fingerprint density at radius 2 is 1.95 bits per heavy atom. The Labute approximate surface area is 124 Å². The van der Waals surface area contributed by atoms with E-state index in [1.54, 1.807) is 12.1 Å². The van der Waals surface area contributed by atoms with E-state index >= 15 is 0 Å². The Kier molecular flexibility index (Phi) is 6.14. The third-order valence-corrected chi connectivity index (χ3v) is 3.62. The van der Waals surface area contributed by atoms with Crippen molar-refractivity contribution in [3.05, 3.63) is 35.6 Å². The van der Waals surface area contributed by atoms with Gasteiger partial charge in [-0.1, -0.05) is 12.1 Å². The highest BCUT2D eigenvalue weighted by Gasteiger charge is 2.23. The number of hydrogen-bond acceptors (Lipinski definition) is 3. The number of likely N-dealkylation sites (tertiary alicyclic amines) is 1. The predicted molar refractivity (Wildman–Crippen MR) is 77.3 cm³/mol. The van der Waals surface area contributed by atoms with Gasteiger partial charge in [0.15, 0.2) is 0 Å². The van der Waals surface area contributed by atoms with E-state index < -0.39 is 0 Å². The maximum Gasteiger partial charge on any atom is 0.248 e. The van der Waals surface area contributed by atoms with Gasteiger partial charge < -0.3 is 14.4 Å². The molecular weight excluding hydrogens is 273 g/mol. The summed E-state index contributed by atoms with van der Waals surface area (Å²) in [6.45, 7) is 4.50. The molecule has 0 aromatic heterocycles. The topological polar surface area (TPSA) is 38.8 Å². The highest BCUT2D eigenvalue weighted by molar-refractivity contribution is 5.77. The number of halogens is 1. The first kappa shape index (κ1) is 15.9. The smallest absolute Gasteiger partial charge is 0.248 e. The number of nitrogens with zero attached hydrogens (tertiary/aromatic N) is 1. The van der Waals surface area contributed by atoms with Crippen molar-refractivity contribution in [2.24, 2.45) is 0 Å². The van der Waals surface area contributed by atoms with Crippen LogP contribution in [-0.2, 0) is 20.9 Å². The summed E-state index contributed by atoms with van der Waals surface area (Å²) in [6, 6.07) is 6.34. The van der Waals surface area contributed by atoms with Crippen LogP contribution < -0.4 is 0 Å². The number of rotatable bonds is 6. The van der Waals surface area contributed by atoms with Crippen molar-refractivity contribution in [2.45, 2.75) is 32.5 Å². The minimum Gasteiger partial charge on any atom is -0.373 e. The van der Waals surface area contributed by atoms with E-state index in [0.717, 1.165) is 18.4 Å². The first-order valence-corrected chi connectivity index (χ1v) is 7.40. The fraction of sp³-hybridized carbons (Fsp3) is 0.562. The normalized spacial score (nSPS) is 16.2. The van der Waals surface area contributed by atoms with E-state index in [0.29, 0.717) is 26.3 Å². The summed E-state index contributed by atoms with van der Waals surface area (Å²) in [5, 5.41) is 0. The van der Waals surface area contributed by atoms with Gasteiger partial charge in [0.25, 0.3) is 0 Å². The van der Waals surface area contributed by atoms with Crippen LogP contribution in [0.15, 0.2) is 24.3 Å². The van der Waals surface area contributed by atoms with E-state index in [2.05, 4.69) is 0 Å².